The van der Waals surface area contributed by atoms with E-state index in [-0.39, 0.29) is 14.4 Å². The van der Waals surface area contributed by atoms with E-state index in [1.165, 1.54) is 22.4 Å². The minimum absolute atomic E-state index is 0. The molecule has 0 bridgehead atoms. The van der Waals surface area contributed by atoms with Gasteiger partial charge in [-0.15, -0.1) is 0 Å². The van der Waals surface area contributed by atoms with Crippen molar-refractivity contribution in [3.63, 3.8) is 0 Å². The zero-order valence-electron chi connectivity index (χ0n) is 24.4. The fraction of sp³-hybridized carbons (Fsp3) is 0.353. The zero-order chi connectivity index (χ0) is 28.5. The predicted octanol–water partition coefficient (Wildman–Crippen LogP) is 6.79. The summed E-state index contributed by atoms with van der Waals surface area (Å²) in [6.07, 6.45) is 5.23. The molecule has 1 aromatic heterocycles. The molecule has 0 fully saturated rings. The van der Waals surface area contributed by atoms with E-state index in [2.05, 4.69) is 68.5 Å². The van der Waals surface area contributed by atoms with Gasteiger partial charge < -0.3 is 20.3 Å². The van der Waals surface area contributed by atoms with Crippen LogP contribution in [0.2, 0.25) is 0 Å². The number of ether oxygens (including phenoxy) is 1. The Bertz CT molecular complexity index is 1360. The second-order valence-electron chi connectivity index (χ2n) is 10.6. The normalized spacial score (nSPS) is 19.3. The molecular weight excluding hydrogens is 494 g/mol. The highest BCUT2D eigenvalue weighted by Gasteiger charge is 2.42. The molecule has 5 rings (SSSR count). The van der Waals surface area contributed by atoms with Crippen molar-refractivity contribution in [1.29, 1.82) is 5.26 Å². The van der Waals surface area contributed by atoms with Crippen molar-refractivity contribution in [1.82, 2.24) is 15.2 Å². The van der Waals surface area contributed by atoms with Crippen LogP contribution in [0.4, 0.5) is 5.69 Å². The topological polar surface area (TPSA) is 73.2 Å². The number of nitrogens with zero attached hydrogens (tertiary/aromatic N) is 3. The molecule has 2 aliphatic rings. The van der Waals surface area contributed by atoms with E-state index in [4.69, 9.17) is 15.0 Å². The number of hydrogen-bond acceptors (Lipinski definition) is 6. The van der Waals surface area contributed by atoms with Gasteiger partial charge in [0, 0.05) is 45.9 Å². The summed E-state index contributed by atoms with van der Waals surface area (Å²) in [7, 11) is 2.14. The van der Waals surface area contributed by atoms with Crippen LogP contribution in [-0.4, -0.2) is 49.2 Å². The summed E-state index contributed by atoms with van der Waals surface area (Å²) in [6, 6.07) is 24.1. The molecule has 1 unspecified atom stereocenters. The largest absolute Gasteiger partial charge is 0.470 e. The lowest BCUT2D eigenvalue weighted by Gasteiger charge is -2.29. The molecular formula is C34H45N5O. The smallest absolute Gasteiger partial charge is 0.237 e. The van der Waals surface area contributed by atoms with Crippen LogP contribution < -0.4 is 15.4 Å². The van der Waals surface area contributed by atoms with Crippen LogP contribution in [0.25, 0.3) is 5.57 Å². The highest BCUT2D eigenvalue weighted by molar-refractivity contribution is 5.83. The first-order valence-electron chi connectivity index (χ1n) is 14.1. The van der Waals surface area contributed by atoms with E-state index >= 15 is 0 Å². The van der Waals surface area contributed by atoms with Crippen LogP contribution in [0.5, 0.6) is 5.88 Å². The van der Waals surface area contributed by atoms with Gasteiger partial charge in [-0.05, 0) is 70.0 Å². The minimum Gasteiger partial charge on any atom is -0.470 e. The van der Waals surface area contributed by atoms with E-state index in [1.54, 1.807) is 0 Å². The summed E-state index contributed by atoms with van der Waals surface area (Å²) in [5.41, 5.74) is 8.01. The van der Waals surface area contributed by atoms with Crippen molar-refractivity contribution in [2.75, 3.05) is 38.5 Å². The van der Waals surface area contributed by atoms with Crippen molar-refractivity contribution in [2.24, 2.45) is 5.41 Å². The van der Waals surface area contributed by atoms with E-state index < -0.39 is 0 Å². The summed E-state index contributed by atoms with van der Waals surface area (Å²) in [6.45, 7) is 12.2. The van der Waals surface area contributed by atoms with Gasteiger partial charge in [0.2, 0.25) is 5.88 Å². The summed E-state index contributed by atoms with van der Waals surface area (Å²) >= 11 is 0. The molecule has 2 N–H and O–H groups in total. The van der Waals surface area contributed by atoms with E-state index in [0.717, 1.165) is 43.9 Å². The Morgan fingerprint density at radius 2 is 1.85 bits per heavy atom. The number of pyridine rings is 1. The average molecular weight is 540 g/mol. The molecule has 0 amide bonds. The third kappa shape index (κ3) is 7.11. The number of hydrogen-bond donors (Lipinski definition) is 2. The van der Waals surface area contributed by atoms with Gasteiger partial charge in [0.25, 0.3) is 0 Å². The molecule has 2 atom stereocenters. The van der Waals surface area contributed by atoms with E-state index in [1.807, 2.05) is 66.9 Å². The van der Waals surface area contributed by atoms with Crippen molar-refractivity contribution >= 4 is 11.3 Å². The molecule has 0 spiro atoms. The number of allylic oxidation sites excluding steroid dienone is 4. The lowest BCUT2D eigenvalue weighted by molar-refractivity contribution is 0.194. The monoisotopic (exact) mass is 539 g/mol. The van der Waals surface area contributed by atoms with Crippen LogP contribution in [0.3, 0.4) is 0 Å². The van der Waals surface area contributed by atoms with Crippen molar-refractivity contribution < 1.29 is 7.59 Å². The van der Waals surface area contributed by atoms with Gasteiger partial charge in [0.15, 0.2) is 0 Å². The quantitative estimate of drug-likeness (QED) is 0.231. The standard InChI is InChI=1S/C28H35N5O.C6H6.2H2/c1-6-33(5)20(3)26(28(4)14-19(28)2)23-13-25-27(32-16-23)34-24(18-31-25)17-30-12-11-21-7-9-22(15-29)10-8-21;1-2-4-6-5-3-1;;/h7-10,13-14,16,24,30-31H,6,11-12,17-18H2,1-5H3;1-6H;2*1H/b26-20-;;;/t24-,28?;;;/m1.../s1. The third-order valence-corrected chi connectivity index (χ3v) is 7.82. The summed E-state index contributed by atoms with van der Waals surface area (Å²) in [5.74, 6) is 0.667. The molecule has 40 heavy (non-hydrogen) atoms. The predicted molar refractivity (Wildman–Crippen MR) is 168 cm³/mol. The SMILES string of the molecule is CCN(C)/C(C)=C(/c1cnc2c(c1)NC[C@@H](CNCCc1ccc(C#N)cc1)O2)C1(C)C=C1C.[HH].[HH].c1ccccc1. The fourth-order valence-corrected chi connectivity index (χ4v) is 4.95. The molecule has 212 valence electrons. The van der Waals surface area contributed by atoms with Crippen LogP contribution in [-0.2, 0) is 6.42 Å². The van der Waals surface area contributed by atoms with E-state index in [0.29, 0.717) is 11.4 Å². The van der Waals surface area contributed by atoms with Crippen LogP contribution >= 0.6 is 0 Å². The lowest BCUT2D eigenvalue weighted by atomic mass is 9.85. The van der Waals surface area contributed by atoms with Crippen molar-refractivity contribution in [2.45, 2.75) is 40.2 Å². The van der Waals surface area contributed by atoms with Gasteiger partial charge >= 0.3 is 0 Å². The maximum Gasteiger partial charge on any atom is 0.237 e. The average Bonchev–Trinajstić information content (AvgIpc) is 3.61. The second-order valence-corrected chi connectivity index (χ2v) is 10.6. The summed E-state index contributed by atoms with van der Waals surface area (Å²) < 4.78 is 6.19. The summed E-state index contributed by atoms with van der Waals surface area (Å²) in [5, 5.41) is 15.9. The number of nitriles is 1. The first-order chi connectivity index (χ1) is 19.4. The van der Waals surface area contributed by atoms with Gasteiger partial charge in [-0.1, -0.05) is 60.2 Å². The van der Waals surface area contributed by atoms with Crippen LogP contribution in [0.1, 0.15) is 47.2 Å². The van der Waals surface area contributed by atoms with Crippen molar-refractivity contribution in [3.8, 4) is 11.9 Å². The molecule has 6 nitrogen and oxygen atoms in total. The number of nitrogens with one attached hydrogen (secondary N) is 2. The Hall–Kier alpha value is -4.08. The Kier molecular flexibility index (Phi) is 9.63. The molecule has 6 heteroatoms. The number of rotatable bonds is 9. The van der Waals surface area contributed by atoms with Gasteiger partial charge in [0.1, 0.15) is 6.10 Å². The van der Waals surface area contributed by atoms with E-state index in [9.17, 15) is 0 Å². The molecule has 2 heterocycles. The number of aromatic nitrogens is 1. The number of fused-ring (bicyclic) bond motifs is 1. The Balaban J connectivity index is 0.000000687. The van der Waals surface area contributed by atoms with Gasteiger partial charge in [0.05, 0.1) is 23.9 Å². The summed E-state index contributed by atoms with van der Waals surface area (Å²) in [4.78, 5) is 7.00. The Morgan fingerprint density at radius 1 is 1.20 bits per heavy atom. The van der Waals surface area contributed by atoms with Crippen LogP contribution in [0, 0.1) is 16.7 Å². The zero-order valence-corrected chi connectivity index (χ0v) is 24.4. The first-order valence-corrected chi connectivity index (χ1v) is 14.1. The lowest BCUT2D eigenvalue weighted by Crippen LogP contribution is -2.40. The number of benzene rings is 2. The van der Waals surface area contributed by atoms with Crippen molar-refractivity contribution in [3.05, 3.63) is 107 Å². The number of anilines is 1. The maximum absolute atomic E-state index is 8.91. The Morgan fingerprint density at radius 3 is 2.42 bits per heavy atom. The molecule has 0 saturated carbocycles. The van der Waals surface area contributed by atoms with Crippen LogP contribution in [0.15, 0.2) is 90.3 Å². The molecule has 0 saturated heterocycles. The highest BCUT2D eigenvalue weighted by Crippen LogP contribution is 2.55. The molecule has 0 radical (unpaired) electrons. The van der Waals surface area contributed by atoms with Gasteiger partial charge in [-0.25, -0.2) is 4.98 Å². The minimum atomic E-state index is 0. The molecule has 1 aliphatic heterocycles. The third-order valence-electron chi connectivity index (χ3n) is 7.82. The maximum atomic E-state index is 8.91. The second kappa shape index (κ2) is 13.3. The van der Waals surface area contributed by atoms with Gasteiger partial charge in [-0.2, -0.15) is 5.26 Å². The fourth-order valence-electron chi connectivity index (χ4n) is 4.95. The molecule has 2 aromatic carbocycles. The highest BCUT2D eigenvalue weighted by atomic mass is 16.5. The Labute approximate surface area is 242 Å². The van der Waals surface area contributed by atoms with Gasteiger partial charge in [-0.3, -0.25) is 0 Å². The molecule has 1 aliphatic carbocycles. The first kappa shape index (κ1) is 28.9. The molecule has 3 aromatic rings.